The Hall–Kier alpha value is -0.660. The minimum atomic E-state index is -3.39. The van der Waals surface area contributed by atoms with Gasteiger partial charge in [-0.05, 0) is 33.2 Å². The summed E-state index contributed by atoms with van der Waals surface area (Å²) in [5.41, 5.74) is -1.12. The molecule has 0 aromatic rings. The number of hydrogen-bond acceptors (Lipinski definition) is 4. The number of nitrogens with one attached hydrogen (secondary N) is 3. The van der Waals surface area contributed by atoms with Gasteiger partial charge in [-0.1, -0.05) is 0 Å². The molecule has 0 aromatic carbocycles. The van der Waals surface area contributed by atoms with E-state index in [1.54, 1.807) is 13.8 Å². The van der Waals surface area contributed by atoms with Crippen molar-refractivity contribution in [3.63, 3.8) is 0 Å². The van der Waals surface area contributed by atoms with Crippen LogP contribution in [-0.4, -0.2) is 45.3 Å². The molecule has 6 nitrogen and oxygen atoms in total. The molecule has 1 fully saturated rings. The van der Waals surface area contributed by atoms with Crippen molar-refractivity contribution in [1.29, 1.82) is 0 Å². The van der Waals surface area contributed by atoms with E-state index >= 15 is 0 Å². The summed E-state index contributed by atoms with van der Waals surface area (Å²) in [6, 6.07) is 0.0804. The van der Waals surface area contributed by atoms with Crippen LogP contribution < -0.4 is 15.4 Å². The minimum absolute atomic E-state index is 0.0804. The zero-order valence-electron chi connectivity index (χ0n) is 10.5. The molecule has 1 heterocycles. The number of sulfonamides is 1. The zero-order valence-corrected chi connectivity index (χ0v) is 11.4. The number of piperidine rings is 1. The van der Waals surface area contributed by atoms with Gasteiger partial charge in [0, 0.05) is 12.6 Å². The van der Waals surface area contributed by atoms with Crippen molar-refractivity contribution in [2.75, 3.05) is 19.3 Å². The first-order chi connectivity index (χ1) is 7.71. The fraction of sp³-hybridized carbons (Fsp3) is 0.900. The highest BCUT2D eigenvalue weighted by atomic mass is 32.2. The van der Waals surface area contributed by atoms with Crippen LogP contribution in [0.3, 0.4) is 0 Å². The lowest BCUT2D eigenvalue weighted by molar-refractivity contribution is -0.126. The molecule has 1 unspecified atom stereocenters. The predicted octanol–water partition coefficient (Wildman–Crippen LogP) is -0.818. The van der Waals surface area contributed by atoms with Gasteiger partial charge in [-0.15, -0.1) is 0 Å². The van der Waals surface area contributed by atoms with Gasteiger partial charge in [0.05, 0.1) is 6.26 Å². The Bertz CT molecular complexity index is 372. The number of amides is 1. The standard InChI is InChI=1S/C10H21N3O3S/c1-10(2,13-17(3,15)16)9(14)12-8-5-4-6-11-7-8/h8,11,13H,4-7H2,1-3H3,(H,12,14). The highest BCUT2D eigenvalue weighted by molar-refractivity contribution is 7.88. The molecule has 1 aliphatic heterocycles. The van der Waals surface area contributed by atoms with E-state index < -0.39 is 15.6 Å². The first-order valence-electron chi connectivity index (χ1n) is 5.71. The summed E-state index contributed by atoms with van der Waals surface area (Å²) in [7, 11) is -3.39. The van der Waals surface area contributed by atoms with E-state index in [0.29, 0.717) is 0 Å². The molecule has 17 heavy (non-hydrogen) atoms. The molecule has 1 aliphatic rings. The maximum absolute atomic E-state index is 11.9. The largest absolute Gasteiger partial charge is 0.350 e. The third-order valence-electron chi connectivity index (χ3n) is 2.64. The smallest absolute Gasteiger partial charge is 0.240 e. The molecule has 1 saturated heterocycles. The van der Waals surface area contributed by atoms with Gasteiger partial charge in [-0.3, -0.25) is 4.79 Å². The predicted molar refractivity (Wildman–Crippen MR) is 66.1 cm³/mol. The second kappa shape index (κ2) is 5.32. The first-order valence-corrected chi connectivity index (χ1v) is 7.60. The normalized spacial score (nSPS) is 22.2. The molecule has 0 aromatic heterocycles. The molecule has 100 valence electrons. The minimum Gasteiger partial charge on any atom is -0.350 e. The summed E-state index contributed by atoms with van der Waals surface area (Å²) in [6.45, 7) is 4.82. The Morgan fingerprint density at radius 2 is 2.06 bits per heavy atom. The SMILES string of the molecule is CC(C)(NS(C)(=O)=O)C(=O)NC1CCCNC1. The quantitative estimate of drug-likeness (QED) is 0.618. The molecule has 0 spiro atoms. The van der Waals surface area contributed by atoms with Crippen molar-refractivity contribution in [3.05, 3.63) is 0 Å². The Balaban J connectivity index is 2.55. The van der Waals surface area contributed by atoms with E-state index in [-0.39, 0.29) is 11.9 Å². The van der Waals surface area contributed by atoms with Crippen molar-refractivity contribution < 1.29 is 13.2 Å². The molecule has 0 saturated carbocycles. The van der Waals surface area contributed by atoms with Crippen molar-refractivity contribution in [2.24, 2.45) is 0 Å². The summed E-state index contributed by atoms with van der Waals surface area (Å²) in [4.78, 5) is 11.9. The van der Waals surface area contributed by atoms with Gasteiger partial charge in [0.25, 0.3) is 0 Å². The van der Waals surface area contributed by atoms with Gasteiger partial charge in [0.15, 0.2) is 0 Å². The lowest BCUT2D eigenvalue weighted by atomic mass is 10.0. The van der Waals surface area contributed by atoms with E-state index in [9.17, 15) is 13.2 Å². The summed E-state index contributed by atoms with van der Waals surface area (Å²) in [5.74, 6) is -0.295. The van der Waals surface area contributed by atoms with Crippen LogP contribution in [0.15, 0.2) is 0 Å². The van der Waals surface area contributed by atoms with Gasteiger partial charge < -0.3 is 10.6 Å². The fourth-order valence-corrected chi connectivity index (χ4v) is 2.87. The van der Waals surface area contributed by atoms with Crippen LogP contribution in [0.1, 0.15) is 26.7 Å². The van der Waals surface area contributed by atoms with Crippen LogP contribution in [0.4, 0.5) is 0 Å². The molecule has 1 atom stereocenters. The Labute approximate surface area is 103 Å². The van der Waals surface area contributed by atoms with Crippen LogP contribution in [0.2, 0.25) is 0 Å². The summed E-state index contributed by atoms with van der Waals surface area (Å²) >= 11 is 0. The van der Waals surface area contributed by atoms with Crippen LogP contribution >= 0.6 is 0 Å². The molecular formula is C10H21N3O3S. The van der Waals surface area contributed by atoms with Gasteiger partial charge >= 0.3 is 0 Å². The second-order valence-electron chi connectivity index (χ2n) is 5.02. The molecule has 1 rings (SSSR count). The number of hydrogen-bond donors (Lipinski definition) is 3. The molecule has 1 amide bonds. The molecule has 0 aliphatic carbocycles. The van der Waals surface area contributed by atoms with E-state index in [1.807, 2.05) is 0 Å². The van der Waals surface area contributed by atoms with Gasteiger partial charge in [-0.2, -0.15) is 0 Å². The number of carbonyl (C=O) groups is 1. The van der Waals surface area contributed by atoms with E-state index in [2.05, 4.69) is 15.4 Å². The molecule has 0 bridgehead atoms. The van der Waals surface area contributed by atoms with Crippen LogP contribution in [0.5, 0.6) is 0 Å². The lowest BCUT2D eigenvalue weighted by Gasteiger charge is -2.29. The number of rotatable bonds is 4. The van der Waals surface area contributed by atoms with Gasteiger partial charge in [0.1, 0.15) is 5.54 Å². The average Bonchev–Trinajstić information content (AvgIpc) is 2.15. The average molecular weight is 263 g/mol. The van der Waals surface area contributed by atoms with E-state index in [1.165, 1.54) is 0 Å². The molecule has 3 N–H and O–H groups in total. The molecule has 0 radical (unpaired) electrons. The molecular weight excluding hydrogens is 242 g/mol. The van der Waals surface area contributed by atoms with Crippen molar-refractivity contribution >= 4 is 15.9 Å². The highest BCUT2D eigenvalue weighted by Crippen LogP contribution is 2.07. The highest BCUT2D eigenvalue weighted by Gasteiger charge is 2.32. The monoisotopic (exact) mass is 263 g/mol. The third kappa shape index (κ3) is 5.01. The Morgan fingerprint density at radius 1 is 1.41 bits per heavy atom. The van der Waals surface area contributed by atoms with Gasteiger partial charge in [-0.25, -0.2) is 13.1 Å². The Morgan fingerprint density at radius 3 is 2.53 bits per heavy atom. The summed E-state index contributed by atoms with van der Waals surface area (Å²) < 4.78 is 24.6. The first kappa shape index (κ1) is 14.4. The van der Waals surface area contributed by atoms with E-state index in [0.717, 1.165) is 32.2 Å². The maximum atomic E-state index is 11.9. The second-order valence-corrected chi connectivity index (χ2v) is 6.76. The van der Waals surface area contributed by atoms with Crippen molar-refractivity contribution in [3.8, 4) is 0 Å². The topological polar surface area (TPSA) is 87.3 Å². The van der Waals surface area contributed by atoms with Crippen molar-refractivity contribution in [1.82, 2.24) is 15.4 Å². The zero-order chi connectivity index (χ0) is 13.1. The van der Waals surface area contributed by atoms with Crippen molar-refractivity contribution in [2.45, 2.75) is 38.3 Å². The number of carbonyl (C=O) groups excluding carboxylic acids is 1. The van der Waals surface area contributed by atoms with Gasteiger partial charge in [0.2, 0.25) is 15.9 Å². The van der Waals surface area contributed by atoms with Crippen LogP contribution in [-0.2, 0) is 14.8 Å². The third-order valence-corrected chi connectivity index (χ3v) is 3.52. The maximum Gasteiger partial charge on any atom is 0.240 e. The Kier molecular flexibility index (Phi) is 4.51. The van der Waals surface area contributed by atoms with Crippen LogP contribution in [0, 0.1) is 0 Å². The van der Waals surface area contributed by atoms with E-state index in [4.69, 9.17) is 0 Å². The lowest BCUT2D eigenvalue weighted by Crippen LogP contribution is -2.58. The summed E-state index contributed by atoms with van der Waals surface area (Å²) in [6.07, 6.45) is 2.99. The fourth-order valence-electron chi connectivity index (χ4n) is 1.85. The summed E-state index contributed by atoms with van der Waals surface area (Å²) in [5, 5.41) is 6.04. The van der Waals surface area contributed by atoms with Crippen LogP contribution in [0.25, 0.3) is 0 Å². The molecule has 7 heteroatoms.